The summed E-state index contributed by atoms with van der Waals surface area (Å²) in [6, 6.07) is 15.6. The van der Waals surface area contributed by atoms with Gasteiger partial charge in [-0.05, 0) is 42.7 Å². The van der Waals surface area contributed by atoms with Crippen LogP contribution in [0.3, 0.4) is 0 Å². The van der Waals surface area contributed by atoms with E-state index in [2.05, 4.69) is 11.4 Å². The van der Waals surface area contributed by atoms with Crippen molar-refractivity contribution in [2.24, 2.45) is 0 Å². The Balaban J connectivity index is 1.59. The summed E-state index contributed by atoms with van der Waals surface area (Å²) in [5.74, 6) is 1.61. The molecule has 0 bridgehead atoms. The zero-order valence-corrected chi connectivity index (χ0v) is 14.6. The minimum absolute atomic E-state index is 0.0101. The molecule has 0 radical (unpaired) electrons. The third-order valence-corrected chi connectivity index (χ3v) is 4.68. The molecule has 0 unspecified atom stereocenters. The second kappa shape index (κ2) is 7.43. The maximum Gasteiger partial charge on any atom is 0.244 e. The highest BCUT2D eigenvalue weighted by atomic mass is 16.5. The molecular formula is C21H23NO3. The third kappa shape index (κ3) is 4.02. The van der Waals surface area contributed by atoms with Gasteiger partial charge in [0.1, 0.15) is 11.5 Å². The van der Waals surface area contributed by atoms with Gasteiger partial charge in [0.05, 0.1) is 14.2 Å². The number of rotatable bonds is 7. The summed E-state index contributed by atoms with van der Waals surface area (Å²) in [4.78, 5) is 12.1. The van der Waals surface area contributed by atoms with E-state index in [1.54, 1.807) is 26.4 Å². The molecule has 4 heteroatoms. The molecule has 1 aliphatic rings. The summed E-state index contributed by atoms with van der Waals surface area (Å²) in [5, 5.41) is 3.02. The van der Waals surface area contributed by atoms with E-state index in [-0.39, 0.29) is 11.3 Å². The second-order valence-corrected chi connectivity index (χ2v) is 6.30. The first-order valence-electron chi connectivity index (χ1n) is 8.40. The van der Waals surface area contributed by atoms with Crippen LogP contribution in [0.25, 0.3) is 6.08 Å². The van der Waals surface area contributed by atoms with Gasteiger partial charge in [-0.1, -0.05) is 30.3 Å². The lowest BCUT2D eigenvalue weighted by Crippen LogP contribution is -2.31. The molecule has 0 heterocycles. The summed E-state index contributed by atoms with van der Waals surface area (Å²) in [6.07, 6.45) is 5.50. The predicted molar refractivity (Wildman–Crippen MR) is 98.9 cm³/mol. The normalized spacial score (nSPS) is 15.0. The van der Waals surface area contributed by atoms with Gasteiger partial charge in [0.25, 0.3) is 0 Å². The quantitative estimate of drug-likeness (QED) is 0.786. The molecule has 1 amide bonds. The Kier molecular flexibility index (Phi) is 5.08. The van der Waals surface area contributed by atoms with Crippen LogP contribution in [0.2, 0.25) is 0 Å². The fourth-order valence-corrected chi connectivity index (χ4v) is 2.98. The van der Waals surface area contributed by atoms with Gasteiger partial charge in [-0.25, -0.2) is 0 Å². The smallest absolute Gasteiger partial charge is 0.244 e. The maximum atomic E-state index is 12.1. The average Bonchev–Trinajstić information content (AvgIpc) is 3.46. The van der Waals surface area contributed by atoms with E-state index in [4.69, 9.17) is 9.47 Å². The fraction of sp³-hybridized carbons (Fsp3) is 0.286. The van der Waals surface area contributed by atoms with Gasteiger partial charge < -0.3 is 14.8 Å². The van der Waals surface area contributed by atoms with Crippen LogP contribution >= 0.6 is 0 Å². The predicted octanol–water partition coefficient (Wildman–Crippen LogP) is 3.57. The van der Waals surface area contributed by atoms with Crippen LogP contribution in [0.15, 0.2) is 54.6 Å². The van der Waals surface area contributed by atoms with Crippen molar-refractivity contribution in [2.75, 3.05) is 20.8 Å². The molecule has 2 aromatic carbocycles. The standard InChI is InChI=1S/C21H23NO3/c1-24-17-10-7-16(8-11-17)9-12-20(23)22-15-21(13-14-21)18-5-3-4-6-19(18)25-2/h3-12H,13-15H2,1-2H3,(H,22,23)/b12-9+. The van der Waals surface area contributed by atoms with E-state index in [1.807, 2.05) is 42.5 Å². The lowest BCUT2D eigenvalue weighted by Gasteiger charge is -2.19. The summed E-state index contributed by atoms with van der Waals surface area (Å²) in [6.45, 7) is 0.624. The minimum Gasteiger partial charge on any atom is -0.497 e. The zero-order chi connectivity index (χ0) is 17.7. The molecule has 1 fully saturated rings. The van der Waals surface area contributed by atoms with Crippen LogP contribution in [-0.2, 0) is 10.2 Å². The molecule has 130 valence electrons. The number of hydrogen-bond donors (Lipinski definition) is 1. The average molecular weight is 337 g/mol. The molecule has 0 aromatic heterocycles. The molecule has 0 spiro atoms. The van der Waals surface area contributed by atoms with Crippen LogP contribution in [0.4, 0.5) is 0 Å². The van der Waals surface area contributed by atoms with Gasteiger partial charge in [0, 0.05) is 23.6 Å². The van der Waals surface area contributed by atoms with Gasteiger partial charge in [0.15, 0.2) is 0 Å². The van der Waals surface area contributed by atoms with Crippen molar-refractivity contribution in [2.45, 2.75) is 18.3 Å². The van der Waals surface area contributed by atoms with E-state index < -0.39 is 0 Å². The number of ether oxygens (including phenoxy) is 2. The highest BCUT2D eigenvalue weighted by Gasteiger charge is 2.46. The van der Waals surface area contributed by atoms with E-state index in [9.17, 15) is 4.79 Å². The van der Waals surface area contributed by atoms with Crippen molar-refractivity contribution in [1.82, 2.24) is 5.32 Å². The molecule has 0 atom stereocenters. The van der Waals surface area contributed by atoms with E-state index in [0.717, 1.165) is 29.9 Å². The highest BCUT2D eigenvalue weighted by Crippen LogP contribution is 2.50. The molecule has 1 saturated carbocycles. The van der Waals surface area contributed by atoms with Gasteiger partial charge in [-0.3, -0.25) is 4.79 Å². The molecule has 0 saturated heterocycles. The van der Waals surface area contributed by atoms with Gasteiger partial charge in [-0.15, -0.1) is 0 Å². The Morgan fingerprint density at radius 1 is 1.08 bits per heavy atom. The number of carbonyl (C=O) groups is 1. The Morgan fingerprint density at radius 3 is 2.44 bits per heavy atom. The molecule has 4 nitrogen and oxygen atoms in total. The van der Waals surface area contributed by atoms with Crippen LogP contribution in [0.1, 0.15) is 24.0 Å². The Morgan fingerprint density at radius 2 is 1.80 bits per heavy atom. The zero-order valence-electron chi connectivity index (χ0n) is 14.6. The lowest BCUT2D eigenvalue weighted by atomic mass is 9.95. The fourth-order valence-electron chi connectivity index (χ4n) is 2.98. The monoisotopic (exact) mass is 337 g/mol. The Hall–Kier alpha value is -2.75. The van der Waals surface area contributed by atoms with Crippen molar-refractivity contribution in [3.05, 3.63) is 65.7 Å². The number of methoxy groups -OCH3 is 2. The van der Waals surface area contributed by atoms with E-state index in [1.165, 1.54) is 5.56 Å². The molecule has 2 aromatic rings. The highest BCUT2D eigenvalue weighted by molar-refractivity contribution is 5.91. The minimum atomic E-state index is -0.0861. The number of hydrogen-bond acceptors (Lipinski definition) is 3. The van der Waals surface area contributed by atoms with Crippen LogP contribution < -0.4 is 14.8 Å². The summed E-state index contributed by atoms with van der Waals surface area (Å²) in [5.41, 5.74) is 2.15. The Labute approximate surface area is 148 Å². The SMILES string of the molecule is COc1ccc(/C=C/C(=O)NCC2(c3ccccc3OC)CC2)cc1. The number of amides is 1. The first kappa shape index (κ1) is 17.1. The summed E-state index contributed by atoms with van der Waals surface area (Å²) in [7, 11) is 3.32. The first-order chi connectivity index (χ1) is 12.2. The number of nitrogens with one attached hydrogen (secondary N) is 1. The van der Waals surface area contributed by atoms with Crippen LogP contribution in [-0.4, -0.2) is 26.7 Å². The van der Waals surface area contributed by atoms with Crippen molar-refractivity contribution in [3.8, 4) is 11.5 Å². The molecule has 0 aliphatic heterocycles. The third-order valence-electron chi connectivity index (χ3n) is 4.68. The molecule has 3 rings (SSSR count). The van der Waals surface area contributed by atoms with Crippen LogP contribution in [0.5, 0.6) is 11.5 Å². The first-order valence-corrected chi connectivity index (χ1v) is 8.40. The maximum absolute atomic E-state index is 12.1. The molecule has 25 heavy (non-hydrogen) atoms. The van der Waals surface area contributed by atoms with Crippen LogP contribution in [0, 0.1) is 0 Å². The number of para-hydroxylation sites is 1. The lowest BCUT2D eigenvalue weighted by molar-refractivity contribution is -0.116. The van der Waals surface area contributed by atoms with Crippen molar-refractivity contribution in [1.29, 1.82) is 0 Å². The van der Waals surface area contributed by atoms with E-state index >= 15 is 0 Å². The number of benzene rings is 2. The van der Waals surface area contributed by atoms with Crippen molar-refractivity contribution < 1.29 is 14.3 Å². The van der Waals surface area contributed by atoms with Gasteiger partial charge in [0.2, 0.25) is 5.91 Å². The van der Waals surface area contributed by atoms with Crippen molar-refractivity contribution in [3.63, 3.8) is 0 Å². The molecular weight excluding hydrogens is 314 g/mol. The second-order valence-electron chi connectivity index (χ2n) is 6.30. The molecule has 1 N–H and O–H groups in total. The van der Waals surface area contributed by atoms with E-state index in [0.29, 0.717) is 6.54 Å². The van der Waals surface area contributed by atoms with Gasteiger partial charge in [-0.2, -0.15) is 0 Å². The van der Waals surface area contributed by atoms with Crippen molar-refractivity contribution >= 4 is 12.0 Å². The Bertz CT molecular complexity index is 761. The molecule has 1 aliphatic carbocycles. The summed E-state index contributed by atoms with van der Waals surface area (Å²) < 4.78 is 10.6. The number of carbonyl (C=O) groups excluding carboxylic acids is 1. The van der Waals surface area contributed by atoms with Gasteiger partial charge >= 0.3 is 0 Å². The largest absolute Gasteiger partial charge is 0.497 e. The topological polar surface area (TPSA) is 47.6 Å². The summed E-state index contributed by atoms with van der Waals surface area (Å²) >= 11 is 0.